The minimum absolute atomic E-state index is 0.125. The molecule has 0 saturated carbocycles. The quantitative estimate of drug-likeness (QED) is 0.734. The van der Waals surface area contributed by atoms with E-state index in [0.717, 1.165) is 30.7 Å². The monoisotopic (exact) mass is 345 g/mol. The molecular formula is C17H23N5O3. The first-order chi connectivity index (χ1) is 12.2. The Labute approximate surface area is 146 Å². The molecule has 0 N–H and O–H groups in total. The highest BCUT2D eigenvalue weighted by Gasteiger charge is 2.29. The number of anilines is 1. The number of hydrogen-bond donors (Lipinski definition) is 0. The first kappa shape index (κ1) is 17.2. The van der Waals surface area contributed by atoms with Gasteiger partial charge in [0, 0.05) is 13.1 Å². The number of piperidine rings is 1. The summed E-state index contributed by atoms with van der Waals surface area (Å²) in [4.78, 5) is 14.1. The van der Waals surface area contributed by atoms with Crippen molar-refractivity contribution in [2.24, 2.45) is 5.92 Å². The van der Waals surface area contributed by atoms with E-state index in [0.29, 0.717) is 25.6 Å². The maximum atomic E-state index is 12.0. The molecule has 0 spiro atoms. The zero-order chi connectivity index (χ0) is 17.6. The van der Waals surface area contributed by atoms with Gasteiger partial charge in [0.1, 0.15) is 5.75 Å². The van der Waals surface area contributed by atoms with Crippen LogP contribution in [-0.2, 0) is 16.1 Å². The van der Waals surface area contributed by atoms with Gasteiger partial charge in [-0.25, -0.2) is 4.68 Å². The first-order valence-electron chi connectivity index (χ1n) is 8.52. The van der Waals surface area contributed by atoms with Gasteiger partial charge in [0.15, 0.2) is 0 Å². The van der Waals surface area contributed by atoms with E-state index in [9.17, 15) is 4.79 Å². The summed E-state index contributed by atoms with van der Waals surface area (Å²) in [5, 5.41) is 12.1. The fraction of sp³-hybridized carbons (Fsp3) is 0.529. The van der Waals surface area contributed by atoms with Crippen LogP contribution in [0.4, 0.5) is 5.95 Å². The molecule has 3 rings (SSSR count). The molecule has 134 valence electrons. The number of carbonyl (C=O) groups is 1. The number of hydrogen-bond acceptors (Lipinski definition) is 7. The number of methoxy groups -OCH3 is 1. The Balaban J connectivity index is 1.70. The number of tetrazole rings is 1. The molecule has 2 aromatic rings. The van der Waals surface area contributed by atoms with Crippen molar-refractivity contribution in [1.29, 1.82) is 0 Å². The molecule has 1 fully saturated rings. The summed E-state index contributed by atoms with van der Waals surface area (Å²) in [5.41, 5.74) is 1.08. The SMILES string of the molecule is CCOC(=O)C1CCCN(c2nnnn2Cc2ccc(OC)cc2)C1. The van der Waals surface area contributed by atoms with E-state index in [4.69, 9.17) is 9.47 Å². The van der Waals surface area contributed by atoms with Crippen molar-refractivity contribution < 1.29 is 14.3 Å². The van der Waals surface area contributed by atoms with Gasteiger partial charge in [-0.15, -0.1) is 0 Å². The summed E-state index contributed by atoms with van der Waals surface area (Å²) in [6.07, 6.45) is 1.76. The van der Waals surface area contributed by atoms with E-state index < -0.39 is 0 Å². The number of rotatable bonds is 6. The van der Waals surface area contributed by atoms with E-state index in [1.165, 1.54) is 0 Å². The van der Waals surface area contributed by atoms with Crippen molar-refractivity contribution >= 4 is 11.9 Å². The molecule has 0 aliphatic carbocycles. The molecule has 8 nitrogen and oxygen atoms in total. The van der Waals surface area contributed by atoms with E-state index in [1.807, 2.05) is 31.2 Å². The molecule has 1 aliphatic rings. The third kappa shape index (κ3) is 4.07. The number of esters is 1. The summed E-state index contributed by atoms with van der Waals surface area (Å²) < 4.78 is 12.1. The number of aromatic nitrogens is 4. The Morgan fingerprint density at radius 3 is 2.84 bits per heavy atom. The van der Waals surface area contributed by atoms with Crippen molar-refractivity contribution in [2.75, 3.05) is 31.7 Å². The Hall–Kier alpha value is -2.64. The summed E-state index contributed by atoms with van der Waals surface area (Å²) in [6.45, 7) is 4.21. The lowest BCUT2D eigenvalue weighted by Gasteiger charge is -2.31. The molecule has 8 heteroatoms. The standard InChI is InChI=1S/C17H23N5O3/c1-3-25-16(23)14-5-4-10-21(12-14)17-18-19-20-22(17)11-13-6-8-15(24-2)9-7-13/h6-9,14H,3-5,10-12H2,1-2H3. The summed E-state index contributed by atoms with van der Waals surface area (Å²) in [6, 6.07) is 7.80. The van der Waals surface area contributed by atoms with Gasteiger partial charge in [-0.3, -0.25) is 4.79 Å². The van der Waals surface area contributed by atoms with Crippen LogP contribution in [0.1, 0.15) is 25.3 Å². The number of nitrogens with zero attached hydrogens (tertiary/aromatic N) is 5. The van der Waals surface area contributed by atoms with Gasteiger partial charge in [0.05, 0.1) is 26.2 Å². The molecule has 0 amide bonds. The third-order valence-corrected chi connectivity index (χ3v) is 4.33. The molecule has 1 atom stereocenters. The van der Waals surface area contributed by atoms with Crippen LogP contribution in [0.3, 0.4) is 0 Å². The summed E-state index contributed by atoms with van der Waals surface area (Å²) in [5.74, 6) is 1.24. The number of carbonyl (C=O) groups excluding carboxylic acids is 1. The second-order valence-electron chi connectivity index (χ2n) is 6.02. The molecule has 1 aromatic carbocycles. The molecule has 0 radical (unpaired) electrons. The van der Waals surface area contributed by atoms with E-state index in [-0.39, 0.29) is 11.9 Å². The maximum absolute atomic E-state index is 12.0. The molecule has 1 aromatic heterocycles. The van der Waals surface area contributed by atoms with Gasteiger partial charge in [-0.2, -0.15) is 0 Å². The Kier molecular flexibility index (Phi) is 5.47. The van der Waals surface area contributed by atoms with Crippen molar-refractivity contribution in [1.82, 2.24) is 20.2 Å². The summed E-state index contributed by atoms with van der Waals surface area (Å²) in [7, 11) is 1.64. The summed E-state index contributed by atoms with van der Waals surface area (Å²) >= 11 is 0. The number of ether oxygens (including phenoxy) is 2. The molecule has 25 heavy (non-hydrogen) atoms. The number of benzene rings is 1. The van der Waals surface area contributed by atoms with Crippen molar-refractivity contribution in [2.45, 2.75) is 26.3 Å². The molecule has 2 heterocycles. The van der Waals surface area contributed by atoms with Crippen LogP contribution in [0.15, 0.2) is 24.3 Å². The van der Waals surface area contributed by atoms with Gasteiger partial charge in [0.2, 0.25) is 5.95 Å². The topological polar surface area (TPSA) is 82.4 Å². The third-order valence-electron chi connectivity index (χ3n) is 4.33. The van der Waals surface area contributed by atoms with Gasteiger partial charge in [-0.1, -0.05) is 17.2 Å². The van der Waals surface area contributed by atoms with Crippen LogP contribution in [0.25, 0.3) is 0 Å². The average Bonchev–Trinajstić information content (AvgIpc) is 3.11. The Morgan fingerprint density at radius 2 is 2.12 bits per heavy atom. The molecular weight excluding hydrogens is 322 g/mol. The predicted molar refractivity (Wildman–Crippen MR) is 91.5 cm³/mol. The molecule has 1 saturated heterocycles. The van der Waals surface area contributed by atoms with Gasteiger partial charge in [0.25, 0.3) is 0 Å². The van der Waals surface area contributed by atoms with Crippen LogP contribution in [0.5, 0.6) is 5.75 Å². The fourth-order valence-electron chi connectivity index (χ4n) is 3.04. The van der Waals surface area contributed by atoms with Crippen molar-refractivity contribution in [3.63, 3.8) is 0 Å². The van der Waals surface area contributed by atoms with E-state index >= 15 is 0 Å². The second kappa shape index (κ2) is 7.96. The van der Waals surface area contributed by atoms with Crippen molar-refractivity contribution in [3.05, 3.63) is 29.8 Å². The molecule has 1 unspecified atom stereocenters. The zero-order valence-corrected chi connectivity index (χ0v) is 14.6. The molecule has 0 bridgehead atoms. The Morgan fingerprint density at radius 1 is 1.32 bits per heavy atom. The normalized spacial score (nSPS) is 17.4. The minimum Gasteiger partial charge on any atom is -0.497 e. The van der Waals surface area contributed by atoms with Crippen LogP contribution in [0, 0.1) is 5.92 Å². The van der Waals surface area contributed by atoms with Crippen LogP contribution in [0.2, 0.25) is 0 Å². The maximum Gasteiger partial charge on any atom is 0.310 e. The lowest BCUT2D eigenvalue weighted by Crippen LogP contribution is -2.40. The lowest BCUT2D eigenvalue weighted by molar-refractivity contribution is -0.148. The minimum atomic E-state index is -0.138. The predicted octanol–water partition coefficient (Wildman–Crippen LogP) is 1.51. The smallest absolute Gasteiger partial charge is 0.310 e. The highest BCUT2D eigenvalue weighted by molar-refractivity contribution is 5.73. The van der Waals surface area contributed by atoms with Crippen molar-refractivity contribution in [3.8, 4) is 5.75 Å². The van der Waals surface area contributed by atoms with Crippen LogP contribution >= 0.6 is 0 Å². The largest absolute Gasteiger partial charge is 0.497 e. The lowest BCUT2D eigenvalue weighted by atomic mass is 9.98. The average molecular weight is 345 g/mol. The van der Waals surface area contributed by atoms with E-state index in [2.05, 4.69) is 20.4 Å². The second-order valence-corrected chi connectivity index (χ2v) is 6.02. The molecule has 1 aliphatic heterocycles. The van der Waals surface area contributed by atoms with Gasteiger partial charge in [-0.05, 0) is 47.9 Å². The van der Waals surface area contributed by atoms with Gasteiger partial charge < -0.3 is 14.4 Å². The Bertz CT molecular complexity index is 701. The van der Waals surface area contributed by atoms with Crippen LogP contribution < -0.4 is 9.64 Å². The first-order valence-corrected chi connectivity index (χ1v) is 8.52. The highest BCUT2D eigenvalue weighted by atomic mass is 16.5. The van der Waals surface area contributed by atoms with Gasteiger partial charge >= 0.3 is 5.97 Å². The van der Waals surface area contributed by atoms with E-state index in [1.54, 1.807) is 11.8 Å². The van der Waals surface area contributed by atoms with Crippen LogP contribution in [-0.4, -0.2) is 53.0 Å². The highest BCUT2D eigenvalue weighted by Crippen LogP contribution is 2.23. The fourth-order valence-corrected chi connectivity index (χ4v) is 3.04. The zero-order valence-electron chi connectivity index (χ0n) is 14.6.